The Morgan fingerprint density at radius 3 is 2.92 bits per heavy atom. The molecule has 0 aromatic heterocycles. The summed E-state index contributed by atoms with van der Waals surface area (Å²) < 4.78 is 0. The Balaban J connectivity index is 2.03. The van der Waals surface area contributed by atoms with Gasteiger partial charge in [0.2, 0.25) is 0 Å². The predicted octanol–water partition coefficient (Wildman–Crippen LogP) is 3.50. The van der Waals surface area contributed by atoms with Crippen LogP contribution in [-0.2, 0) is 4.84 Å². The highest BCUT2D eigenvalue weighted by atomic mass is 79.9. The molecule has 0 bridgehead atoms. The third-order valence-corrected chi connectivity index (χ3v) is 3.01. The summed E-state index contributed by atoms with van der Waals surface area (Å²) in [5, 5.41) is 4.97. The van der Waals surface area contributed by atoms with Crippen molar-refractivity contribution in [2.75, 3.05) is 5.33 Å². The van der Waals surface area contributed by atoms with Crippen LogP contribution >= 0.6 is 15.9 Å². The molecule has 2 nitrogen and oxygen atoms in total. The molecular weight excluding hydrogens is 230 g/mol. The molecule has 13 heavy (non-hydrogen) atoms. The fourth-order valence-corrected chi connectivity index (χ4v) is 1.82. The van der Waals surface area contributed by atoms with Crippen LogP contribution in [0, 0.1) is 0 Å². The van der Waals surface area contributed by atoms with Gasteiger partial charge in [0.1, 0.15) is 6.10 Å². The fraction of sp³-hybridized carbons (Fsp3) is 0.900. The van der Waals surface area contributed by atoms with Gasteiger partial charge in [-0.2, -0.15) is 0 Å². The number of hydrogen-bond donors (Lipinski definition) is 0. The Kier molecular flexibility index (Phi) is 5.44. The van der Waals surface area contributed by atoms with Crippen LogP contribution in [0.5, 0.6) is 0 Å². The quantitative estimate of drug-likeness (QED) is 0.520. The van der Waals surface area contributed by atoms with Crippen LogP contribution < -0.4 is 0 Å². The molecule has 0 aliphatic carbocycles. The molecule has 3 heteroatoms. The van der Waals surface area contributed by atoms with Gasteiger partial charge in [0.25, 0.3) is 0 Å². The molecule has 0 spiro atoms. The van der Waals surface area contributed by atoms with E-state index in [4.69, 9.17) is 4.84 Å². The van der Waals surface area contributed by atoms with E-state index >= 15 is 0 Å². The van der Waals surface area contributed by atoms with Gasteiger partial charge in [-0.05, 0) is 12.8 Å². The van der Waals surface area contributed by atoms with Gasteiger partial charge in [0.05, 0.1) is 5.71 Å². The molecule has 0 fully saturated rings. The molecule has 0 aromatic carbocycles. The highest BCUT2D eigenvalue weighted by molar-refractivity contribution is 9.09. The highest BCUT2D eigenvalue weighted by Gasteiger charge is 2.18. The Bertz CT molecular complexity index is 170. The lowest BCUT2D eigenvalue weighted by Gasteiger charge is -2.01. The van der Waals surface area contributed by atoms with E-state index in [0.717, 1.165) is 18.2 Å². The molecule has 0 N–H and O–H groups in total. The molecule has 0 amide bonds. The number of rotatable bonds is 6. The fourth-order valence-electron chi connectivity index (χ4n) is 1.47. The van der Waals surface area contributed by atoms with Crippen molar-refractivity contribution in [1.29, 1.82) is 0 Å². The van der Waals surface area contributed by atoms with E-state index in [-0.39, 0.29) is 0 Å². The number of oxime groups is 1. The summed E-state index contributed by atoms with van der Waals surface area (Å²) in [5.74, 6) is 0. The van der Waals surface area contributed by atoms with E-state index in [9.17, 15) is 0 Å². The van der Waals surface area contributed by atoms with Crippen molar-refractivity contribution < 1.29 is 4.84 Å². The largest absolute Gasteiger partial charge is 0.391 e. The van der Waals surface area contributed by atoms with Crippen molar-refractivity contribution in [2.24, 2.45) is 5.16 Å². The van der Waals surface area contributed by atoms with Crippen LogP contribution in [0.1, 0.15) is 45.4 Å². The van der Waals surface area contributed by atoms with Crippen molar-refractivity contribution in [3.8, 4) is 0 Å². The van der Waals surface area contributed by atoms with E-state index < -0.39 is 0 Å². The van der Waals surface area contributed by atoms with Gasteiger partial charge in [0, 0.05) is 11.8 Å². The lowest BCUT2D eigenvalue weighted by atomic mass is 10.1. The van der Waals surface area contributed by atoms with Gasteiger partial charge in [0.15, 0.2) is 0 Å². The van der Waals surface area contributed by atoms with E-state index in [2.05, 4.69) is 28.0 Å². The van der Waals surface area contributed by atoms with Gasteiger partial charge >= 0.3 is 0 Å². The Morgan fingerprint density at radius 2 is 2.31 bits per heavy atom. The maximum Gasteiger partial charge on any atom is 0.142 e. The van der Waals surface area contributed by atoms with Crippen LogP contribution in [-0.4, -0.2) is 17.1 Å². The Hall–Kier alpha value is -0.0500. The average molecular weight is 248 g/mol. The minimum absolute atomic E-state index is 0.293. The molecule has 1 unspecified atom stereocenters. The number of unbranched alkanes of at least 4 members (excludes halogenated alkanes) is 3. The van der Waals surface area contributed by atoms with Gasteiger partial charge in [-0.3, -0.25) is 0 Å². The second-order valence-electron chi connectivity index (χ2n) is 3.55. The van der Waals surface area contributed by atoms with Crippen LogP contribution in [0.25, 0.3) is 0 Å². The molecule has 0 saturated heterocycles. The second-order valence-corrected chi connectivity index (χ2v) is 4.20. The van der Waals surface area contributed by atoms with Crippen LogP contribution in [0.4, 0.5) is 0 Å². The van der Waals surface area contributed by atoms with E-state index in [1.54, 1.807) is 0 Å². The van der Waals surface area contributed by atoms with Gasteiger partial charge in [-0.15, -0.1) is 0 Å². The van der Waals surface area contributed by atoms with Crippen molar-refractivity contribution in [3.05, 3.63) is 0 Å². The summed E-state index contributed by atoms with van der Waals surface area (Å²) in [7, 11) is 0. The Labute approximate surface area is 88.8 Å². The minimum Gasteiger partial charge on any atom is -0.391 e. The minimum atomic E-state index is 0.293. The van der Waals surface area contributed by atoms with Crippen molar-refractivity contribution in [2.45, 2.75) is 51.6 Å². The molecule has 0 radical (unpaired) electrons. The molecule has 0 saturated carbocycles. The monoisotopic (exact) mass is 247 g/mol. The van der Waals surface area contributed by atoms with E-state index in [1.165, 1.54) is 31.4 Å². The zero-order valence-electron chi connectivity index (χ0n) is 8.26. The molecule has 1 heterocycles. The average Bonchev–Trinajstić information content (AvgIpc) is 2.60. The number of halogens is 1. The van der Waals surface area contributed by atoms with Gasteiger partial charge in [-0.1, -0.05) is 47.3 Å². The summed E-state index contributed by atoms with van der Waals surface area (Å²) in [5.41, 5.74) is 1.25. The van der Waals surface area contributed by atoms with Gasteiger partial charge < -0.3 is 4.84 Å². The Morgan fingerprint density at radius 1 is 1.46 bits per heavy atom. The normalized spacial score (nSPS) is 21.4. The number of nitrogens with zero attached hydrogens (tertiary/aromatic N) is 1. The number of alkyl halides is 1. The molecule has 1 aliphatic rings. The first-order valence-electron chi connectivity index (χ1n) is 5.14. The van der Waals surface area contributed by atoms with Crippen molar-refractivity contribution in [3.63, 3.8) is 0 Å². The zero-order chi connectivity index (χ0) is 9.52. The molecule has 1 rings (SSSR count). The molecule has 76 valence electrons. The van der Waals surface area contributed by atoms with Crippen LogP contribution in [0.15, 0.2) is 5.16 Å². The topological polar surface area (TPSA) is 21.6 Å². The summed E-state index contributed by atoms with van der Waals surface area (Å²) in [4.78, 5) is 5.21. The van der Waals surface area contributed by atoms with E-state index in [1.807, 2.05) is 0 Å². The predicted molar refractivity (Wildman–Crippen MR) is 59.5 cm³/mol. The summed E-state index contributed by atoms with van der Waals surface area (Å²) in [6.45, 7) is 2.23. The second kappa shape index (κ2) is 6.41. The first kappa shape index (κ1) is 11.0. The highest BCUT2D eigenvalue weighted by Crippen LogP contribution is 2.16. The van der Waals surface area contributed by atoms with Crippen LogP contribution in [0.3, 0.4) is 0 Å². The first-order chi connectivity index (χ1) is 6.36. The molecule has 1 aliphatic heterocycles. The third-order valence-electron chi connectivity index (χ3n) is 2.29. The lowest BCUT2D eigenvalue weighted by molar-refractivity contribution is 0.104. The van der Waals surface area contributed by atoms with Gasteiger partial charge in [-0.25, -0.2) is 0 Å². The maximum absolute atomic E-state index is 5.21. The maximum atomic E-state index is 5.21. The van der Waals surface area contributed by atoms with Crippen molar-refractivity contribution >= 4 is 21.6 Å². The SMILES string of the molecule is CCCCCCC1=NOC(CBr)C1. The zero-order valence-corrected chi connectivity index (χ0v) is 9.85. The standard InChI is InChI=1S/C10H18BrNO/c1-2-3-4-5-6-9-7-10(8-11)13-12-9/h10H,2-8H2,1H3. The number of hydrogen-bond acceptors (Lipinski definition) is 2. The molecule has 1 atom stereocenters. The smallest absolute Gasteiger partial charge is 0.142 e. The molecule has 0 aromatic rings. The third kappa shape index (κ3) is 4.12. The first-order valence-corrected chi connectivity index (χ1v) is 6.26. The summed E-state index contributed by atoms with van der Waals surface area (Å²) >= 11 is 3.40. The lowest BCUT2D eigenvalue weighted by Crippen LogP contribution is -2.08. The summed E-state index contributed by atoms with van der Waals surface area (Å²) in [6, 6.07) is 0. The van der Waals surface area contributed by atoms with Crippen LogP contribution in [0.2, 0.25) is 0 Å². The summed E-state index contributed by atoms with van der Waals surface area (Å²) in [6.07, 6.45) is 7.69. The van der Waals surface area contributed by atoms with E-state index in [0.29, 0.717) is 6.10 Å². The molecular formula is C10H18BrNO. The van der Waals surface area contributed by atoms with Crippen molar-refractivity contribution in [1.82, 2.24) is 0 Å².